The molecule has 0 amide bonds. The fourth-order valence-electron chi connectivity index (χ4n) is 3.04. The molecule has 1 heterocycles. The van der Waals surface area contributed by atoms with Gasteiger partial charge in [0.15, 0.2) is 0 Å². The first-order valence-corrected chi connectivity index (χ1v) is 8.07. The summed E-state index contributed by atoms with van der Waals surface area (Å²) in [5.74, 6) is 0. The van der Waals surface area contributed by atoms with Crippen molar-refractivity contribution in [1.29, 1.82) is 0 Å². The summed E-state index contributed by atoms with van der Waals surface area (Å²) >= 11 is 0. The zero-order valence-electron chi connectivity index (χ0n) is 13.5. The smallest absolute Gasteiger partial charge is 0.0320 e. The van der Waals surface area contributed by atoms with Gasteiger partial charge in [-0.1, -0.05) is 39.0 Å². The first-order valence-electron chi connectivity index (χ1n) is 8.07. The average molecular weight is 264 g/mol. The van der Waals surface area contributed by atoms with Gasteiger partial charge in [0.25, 0.3) is 0 Å². The van der Waals surface area contributed by atoms with Crippen molar-refractivity contribution < 1.29 is 0 Å². The van der Waals surface area contributed by atoms with E-state index >= 15 is 0 Å². The molecule has 1 saturated heterocycles. The van der Waals surface area contributed by atoms with Gasteiger partial charge in [0, 0.05) is 31.7 Å². The Morgan fingerprint density at radius 1 is 1.26 bits per heavy atom. The lowest BCUT2D eigenvalue weighted by Gasteiger charge is -2.43. The van der Waals surface area contributed by atoms with Gasteiger partial charge in [-0.3, -0.25) is 4.90 Å². The summed E-state index contributed by atoms with van der Waals surface area (Å²) in [5.41, 5.74) is 1.52. The molecule has 2 unspecified atom stereocenters. The minimum Gasteiger partial charge on any atom is -0.301 e. The predicted octanol–water partition coefficient (Wildman–Crippen LogP) is 3.70. The highest BCUT2D eigenvalue weighted by Crippen LogP contribution is 2.21. The molecular weight excluding hydrogens is 232 g/mol. The van der Waals surface area contributed by atoms with Gasteiger partial charge in [0.2, 0.25) is 0 Å². The molecule has 2 rings (SSSR count). The first kappa shape index (κ1) is 16.5. The summed E-state index contributed by atoms with van der Waals surface area (Å²) in [6.45, 7) is 15.8. The highest BCUT2D eigenvalue weighted by molar-refractivity contribution is 5.27. The van der Waals surface area contributed by atoms with Crippen LogP contribution in [0.2, 0.25) is 0 Å². The maximum absolute atomic E-state index is 2.66. The number of rotatable bonds is 3. The van der Waals surface area contributed by atoms with Crippen LogP contribution in [0.3, 0.4) is 0 Å². The molecule has 110 valence electrons. The lowest BCUT2D eigenvalue weighted by Crippen LogP contribution is -2.54. The third-order valence-corrected chi connectivity index (χ3v) is 4.21. The van der Waals surface area contributed by atoms with E-state index < -0.39 is 0 Å². The third-order valence-electron chi connectivity index (χ3n) is 4.21. The minimum atomic E-state index is 0.584. The number of allylic oxidation sites excluding steroid dienone is 2. The van der Waals surface area contributed by atoms with E-state index in [0.29, 0.717) is 12.1 Å². The SMILES string of the molecule is CC.CCN1CCN(C(C)C2=CCCC=C2)C(C)C1. The van der Waals surface area contributed by atoms with Gasteiger partial charge in [-0.15, -0.1) is 0 Å². The summed E-state index contributed by atoms with van der Waals surface area (Å²) < 4.78 is 0. The predicted molar refractivity (Wildman–Crippen MR) is 85.5 cm³/mol. The molecule has 0 N–H and O–H groups in total. The van der Waals surface area contributed by atoms with Crippen LogP contribution in [0.1, 0.15) is 47.5 Å². The van der Waals surface area contributed by atoms with E-state index in [9.17, 15) is 0 Å². The van der Waals surface area contributed by atoms with Crippen molar-refractivity contribution in [3.8, 4) is 0 Å². The van der Waals surface area contributed by atoms with Crippen LogP contribution in [-0.4, -0.2) is 48.1 Å². The highest BCUT2D eigenvalue weighted by Gasteiger charge is 2.27. The molecular formula is C17H32N2. The molecule has 1 fully saturated rings. The molecule has 0 aromatic carbocycles. The van der Waals surface area contributed by atoms with E-state index in [4.69, 9.17) is 0 Å². The van der Waals surface area contributed by atoms with Crippen LogP contribution in [-0.2, 0) is 0 Å². The van der Waals surface area contributed by atoms with Gasteiger partial charge in [0.05, 0.1) is 0 Å². The Labute approximate surface area is 120 Å². The van der Waals surface area contributed by atoms with E-state index in [1.54, 1.807) is 0 Å². The monoisotopic (exact) mass is 264 g/mol. The lowest BCUT2D eigenvalue weighted by atomic mass is 9.98. The number of likely N-dealkylation sites (N-methyl/N-ethyl adjacent to an activating group) is 1. The number of hydrogen-bond acceptors (Lipinski definition) is 2. The summed E-state index contributed by atoms with van der Waals surface area (Å²) in [4.78, 5) is 5.21. The maximum Gasteiger partial charge on any atom is 0.0320 e. The van der Waals surface area contributed by atoms with Gasteiger partial charge in [-0.2, -0.15) is 0 Å². The van der Waals surface area contributed by atoms with Crippen molar-refractivity contribution >= 4 is 0 Å². The Kier molecular flexibility index (Phi) is 7.40. The Morgan fingerprint density at radius 3 is 2.53 bits per heavy atom. The average Bonchev–Trinajstić information content (AvgIpc) is 2.49. The molecule has 1 aliphatic carbocycles. The van der Waals surface area contributed by atoms with Gasteiger partial charge in [-0.25, -0.2) is 0 Å². The Hall–Kier alpha value is -0.600. The number of hydrogen-bond donors (Lipinski definition) is 0. The normalized spacial score (nSPS) is 26.4. The zero-order valence-corrected chi connectivity index (χ0v) is 13.5. The molecule has 1 aliphatic heterocycles. The minimum absolute atomic E-state index is 0.584. The van der Waals surface area contributed by atoms with Crippen LogP contribution in [0, 0.1) is 0 Å². The van der Waals surface area contributed by atoms with Crippen LogP contribution in [0.15, 0.2) is 23.8 Å². The van der Waals surface area contributed by atoms with Crippen LogP contribution >= 0.6 is 0 Å². The molecule has 2 nitrogen and oxygen atoms in total. The topological polar surface area (TPSA) is 6.48 Å². The summed E-state index contributed by atoms with van der Waals surface area (Å²) in [6.07, 6.45) is 9.50. The second kappa shape index (κ2) is 8.55. The molecule has 0 radical (unpaired) electrons. The van der Waals surface area contributed by atoms with Crippen LogP contribution in [0.4, 0.5) is 0 Å². The molecule has 0 saturated carbocycles. The van der Waals surface area contributed by atoms with Crippen LogP contribution < -0.4 is 0 Å². The van der Waals surface area contributed by atoms with Crippen molar-refractivity contribution in [3.63, 3.8) is 0 Å². The van der Waals surface area contributed by atoms with E-state index in [-0.39, 0.29) is 0 Å². The fraction of sp³-hybridized carbons (Fsp3) is 0.765. The van der Waals surface area contributed by atoms with Gasteiger partial charge >= 0.3 is 0 Å². The maximum atomic E-state index is 2.66. The van der Waals surface area contributed by atoms with E-state index in [0.717, 1.165) is 0 Å². The molecule has 0 spiro atoms. The van der Waals surface area contributed by atoms with Crippen molar-refractivity contribution in [3.05, 3.63) is 23.8 Å². The Balaban J connectivity index is 0.000000861. The molecule has 2 aliphatic rings. The second-order valence-corrected chi connectivity index (χ2v) is 5.34. The largest absolute Gasteiger partial charge is 0.301 e. The van der Waals surface area contributed by atoms with Crippen molar-refractivity contribution in [2.75, 3.05) is 26.2 Å². The van der Waals surface area contributed by atoms with Crippen LogP contribution in [0.25, 0.3) is 0 Å². The Morgan fingerprint density at radius 2 is 2.00 bits per heavy atom. The zero-order chi connectivity index (χ0) is 14.3. The van der Waals surface area contributed by atoms with Gasteiger partial charge in [-0.05, 0) is 38.8 Å². The molecule has 0 aromatic heterocycles. The third kappa shape index (κ3) is 4.47. The molecule has 2 heteroatoms. The van der Waals surface area contributed by atoms with Crippen molar-refractivity contribution in [1.82, 2.24) is 9.80 Å². The summed E-state index contributed by atoms with van der Waals surface area (Å²) in [7, 11) is 0. The van der Waals surface area contributed by atoms with E-state index in [1.165, 1.54) is 44.6 Å². The standard InChI is InChI=1S/C15H26N2.C2H6/c1-4-16-10-11-17(13(2)12-16)14(3)15-8-6-5-7-9-15;1-2/h6,8-9,13-14H,4-5,7,10-12H2,1-3H3;1-2H3. The summed E-state index contributed by atoms with van der Waals surface area (Å²) in [6, 6.07) is 1.26. The van der Waals surface area contributed by atoms with Crippen molar-refractivity contribution in [2.24, 2.45) is 0 Å². The second-order valence-electron chi connectivity index (χ2n) is 5.34. The fourth-order valence-corrected chi connectivity index (χ4v) is 3.04. The summed E-state index contributed by atoms with van der Waals surface area (Å²) in [5, 5.41) is 0. The molecule has 0 bridgehead atoms. The molecule has 0 aromatic rings. The molecule has 19 heavy (non-hydrogen) atoms. The number of piperazine rings is 1. The van der Waals surface area contributed by atoms with Crippen LogP contribution in [0.5, 0.6) is 0 Å². The van der Waals surface area contributed by atoms with Crippen molar-refractivity contribution in [2.45, 2.75) is 59.5 Å². The lowest BCUT2D eigenvalue weighted by molar-refractivity contribution is 0.0691. The van der Waals surface area contributed by atoms with Gasteiger partial charge in [0.1, 0.15) is 0 Å². The molecule has 2 atom stereocenters. The van der Waals surface area contributed by atoms with Gasteiger partial charge < -0.3 is 4.90 Å². The highest BCUT2D eigenvalue weighted by atomic mass is 15.3. The number of nitrogens with zero attached hydrogens (tertiary/aromatic N) is 2. The Bertz CT molecular complexity index is 306. The first-order chi connectivity index (χ1) is 9.22. The quantitative estimate of drug-likeness (QED) is 0.767. The van der Waals surface area contributed by atoms with E-state index in [2.05, 4.69) is 48.8 Å². The van der Waals surface area contributed by atoms with E-state index in [1.807, 2.05) is 13.8 Å².